The minimum atomic E-state index is 1.18. The fourth-order valence-corrected chi connectivity index (χ4v) is 2.03. The lowest BCUT2D eigenvalue weighted by Gasteiger charge is -1.92. The maximum Gasteiger partial charge on any atom is -0.0348 e. The molecular formula is C28H36. The molecule has 0 nitrogen and oxygen atoms in total. The fraction of sp³-hybridized carbons (Fsp3) is 0.214. The topological polar surface area (TPSA) is 0 Å². The molecule has 0 fully saturated rings. The van der Waals surface area contributed by atoms with Gasteiger partial charge in [0.2, 0.25) is 0 Å². The molecule has 0 heteroatoms. The smallest absolute Gasteiger partial charge is 0.0348 e. The van der Waals surface area contributed by atoms with E-state index in [1.807, 2.05) is 97.2 Å². The number of rotatable bonds is 15. The molecule has 0 aromatic carbocycles. The Morgan fingerprint density at radius 3 is 1.14 bits per heavy atom. The van der Waals surface area contributed by atoms with E-state index in [1.165, 1.54) is 32.1 Å². The average molecular weight is 373 g/mol. The maximum atomic E-state index is 3.61. The van der Waals surface area contributed by atoms with Crippen molar-refractivity contribution in [1.82, 2.24) is 0 Å². The molecule has 0 atom stereocenters. The van der Waals surface area contributed by atoms with Gasteiger partial charge in [0.25, 0.3) is 0 Å². The van der Waals surface area contributed by atoms with E-state index in [4.69, 9.17) is 0 Å². The predicted molar refractivity (Wildman–Crippen MR) is 130 cm³/mol. The van der Waals surface area contributed by atoms with Crippen molar-refractivity contribution >= 4 is 0 Å². The van der Waals surface area contributed by atoms with E-state index >= 15 is 0 Å². The summed E-state index contributed by atoms with van der Waals surface area (Å²) in [4.78, 5) is 0. The predicted octanol–water partition coefficient (Wildman–Crippen LogP) is 8.70. The first-order chi connectivity index (χ1) is 13.9. The van der Waals surface area contributed by atoms with Crippen molar-refractivity contribution in [3.8, 4) is 0 Å². The molecular weight excluding hydrogens is 336 g/mol. The Labute approximate surface area is 173 Å². The van der Waals surface area contributed by atoms with Crippen molar-refractivity contribution in [2.45, 2.75) is 39.0 Å². The van der Waals surface area contributed by atoms with Gasteiger partial charge >= 0.3 is 0 Å². The van der Waals surface area contributed by atoms with Crippen molar-refractivity contribution in [3.63, 3.8) is 0 Å². The molecule has 0 aliphatic heterocycles. The lowest BCUT2D eigenvalue weighted by molar-refractivity contribution is 0.674. The summed E-state index contributed by atoms with van der Waals surface area (Å²) >= 11 is 0. The van der Waals surface area contributed by atoms with E-state index in [-0.39, 0.29) is 0 Å². The van der Waals surface area contributed by atoms with Gasteiger partial charge < -0.3 is 0 Å². The molecule has 0 aliphatic rings. The maximum absolute atomic E-state index is 3.61. The second-order valence-corrected chi connectivity index (χ2v) is 5.98. The van der Waals surface area contributed by atoms with Crippen LogP contribution in [-0.2, 0) is 0 Å². The molecule has 148 valence electrons. The number of hydrogen-bond acceptors (Lipinski definition) is 0. The minimum absolute atomic E-state index is 1.18. The van der Waals surface area contributed by atoms with Crippen LogP contribution in [0.1, 0.15) is 39.0 Å². The van der Waals surface area contributed by atoms with E-state index in [0.29, 0.717) is 0 Å². The highest BCUT2D eigenvalue weighted by Gasteiger charge is 1.82. The van der Waals surface area contributed by atoms with Crippen molar-refractivity contribution in [1.29, 1.82) is 0 Å². The van der Waals surface area contributed by atoms with Gasteiger partial charge in [-0.3, -0.25) is 0 Å². The highest BCUT2D eigenvalue weighted by molar-refractivity contribution is 5.22. The highest BCUT2D eigenvalue weighted by Crippen LogP contribution is 2.02. The average Bonchev–Trinajstić information content (AvgIpc) is 2.71. The Kier molecular flexibility index (Phi) is 21.7. The first kappa shape index (κ1) is 25.1. The number of hydrogen-bond donors (Lipinski definition) is 0. The van der Waals surface area contributed by atoms with Crippen LogP contribution in [0.25, 0.3) is 0 Å². The standard InChI is InChI=1S/C28H36/c1-3-5-7-9-11-13-15-17-19-21-23-25-27-28-26-24-22-20-18-16-14-12-10-8-6-4-2/h3,5,7,9,11,13-28H,1,4,6,8,10,12H2,2H3/b7-5+,11-9+,15-13+,16-14+,19-17+,20-18+,23-21+,24-22+,27-25+,28-26+. The van der Waals surface area contributed by atoms with Crippen LogP contribution >= 0.6 is 0 Å². The van der Waals surface area contributed by atoms with E-state index < -0.39 is 0 Å². The number of allylic oxidation sites excluding steroid dienone is 21. The summed E-state index contributed by atoms with van der Waals surface area (Å²) in [5.74, 6) is 0. The first-order valence-electron chi connectivity index (χ1n) is 10.2. The fourth-order valence-electron chi connectivity index (χ4n) is 2.03. The molecule has 0 rings (SSSR count). The van der Waals surface area contributed by atoms with Crippen LogP contribution in [0.5, 0.6) is 0 Å². The SMILES string of the molecule is C=C/C=C/C=C/C=C/C=C/C=C/C=C/C=C/C=C/C=C/C=C/CCCCCC. The molecule has 0 N–H and O–H groups in total. The largest absolute Gasteiger partial charge is 0.0991 e. The van der Waals surface area contributed by atoms with Crippen molar-refractivity contribution < 1.29 is 0 Å². The third-order valence-corrected chi connectivity index (χ3v) is 3.50. The van der Waals surface area contributed by atoms with E-state index in [2.05, 4.69) is 37.8 Å². The summed E-state index contributed by atoms with van der Waals surface area (Å²) in [6.45, 7) is 5.86. The van der Waals surface area contributed by atoms with Crippen LogP contribution in [-0.4, -0.2) is 0 Å². The highest BCUT2D eigenvalue weighted by atomic mass is 13.9. The molecule has 0 aromatic heterocycles. The van der Waals surface area contributed by atoms with Gasteiger partial charge in [-0.25, -0.2) is 0 Å². The third-order valence-electron chi connectivity index (χ3n) is 3.50. The zero-order chi connectivity index (χ0) is 20.4. The quantitative estimate of drug-likeness (QED) is 0.199. The summed E-state index contributed by atoms with van der Waals surface area (Å²) in [6, 6.07) is 0. The lowest BCUT2D eigenvalue weighted by Crippen LogP contribution is -1.72. The molecule has 0 bridgehead atoms. The second-order valence-electron chi connectivity index (χ2n) is 5.98. The Bertz CT molecular complexity index is 638. The van der Waals surface area contributed by atoms with Gasteiger partial charge in [0.1, 0.15) is 0 Å². The molecule has 0 aromatic rings. The van der Waals surface area contributed by atoms with Gasteiger partial charge in [0, 0.05) is 0 Å². The molecule has 0 spiro atoms. The van der Waals surface area contributed by atoms with E-state index in [1.54, 1.807) is 6.08 Å². The van der Waals surface area contributed by atoms with Crippen LogP contribution in [0, 0.1) is 0 Å². The number of unbranched alkanes of at least 4 members (excludes halogenated alkanes) is 4. The summed E-state index contributed by atoms with van der Waals surface area (Å²) in [5.41, 5.74) is 0. The Morgan fingerprint density at radius 1 is 0.429 bits per heavy atom. The summed E-state index contributed by atoms with van der Waals surface area (Å²) in [5, 5.41) is 0. The molecule has 0 unspecified atom stereocenters. The molecule has 0 amide bonds. The Morgan fingerprint density at radius 2 is 0.786 bits per heavy atom. The zero-order valence-electron chi connectivity index (χ0n) is 17.4. The summed E-state index contributed by atoms with van der Waals surface area (Å²) in [6.07, 6.45) is 48.6. The first-order valence-corrected chi connectivity index (χ1v) is 10.2. The molecule has 0 saturated carbocycles. The molecule has 0 radical (unpaired) electrons. The van der Waals surface area contributed by atoms with Crippen LogP contribution in [0.3, 0.4) is 0 Å². The van der Waals surface area contributed by atoms with Gasteiger partial charge in [-0.2, -0.15) is 0 Å². The summed E-state index contributed by atoms with van der Waals surface area (Å²) < 4.78 is 0. The van der Waals surface area contributed by atoms with E-state index in [0.717, 1.165) is 0 Å². The minimum Gasteiger partial charge on any atom is -0.0991 e. The van der Waals surface area contributed by atoms with E-state index in [9.17, 15) is 0 Å². The lowest BCUT2D eigenvalue weighted by atomic mass is 10.1. The van der Waals surface area contributed by atoms with Gasteiger partial charge in [-0.05, 0) is 12.8 Å². The van der Waals surface area contributed by atoms with Crippen LogP contribution in [0.15, 0.2) is 134 Å². The molecule has 0 saturated heterocycles. The zero-order valence-corrected chi connectivity index (χ0v) is 17.4. The Balaban J connectivity index is 3.82. The second kappa shape index (κ2) is 24.1. The molecule has 28 heavy (non-hydrogen) atoms. The van der Waals surface area contributed by atoms with Crippen LogP contribution in [0.4, 0.5) is 0 Å². The third kappa shape index (κ3) is 23.1. The van der Waals surface area contributed by atoms with Crippen molar-refractivity contribution in [2.75, 3.05) is 0 Å². The summed E-state index contributed by atoms with van der Waals surface area (Å²) in [7, 11) is 0. The van der Waals surface area contributed by atoms with Gasteiger partial charge in [0.05, 0.1) is 0 Å². The normalized spacial score (nSPS) is 14.0. The van der Waals surface area contributed by atoms with Crippen LogP contribution in [0.2, 0.25) is 0 Å². The van der Waals surface area contributed by atoms with Gasteiger partial charge in [0.15, 0.2) is 0 Å². The molecule has 0 aliphatic carbocycles. The van der Waals surface area contributed by atoms with Crippen molar-refractivity contribution in [2.24, 2.45) is 0 Å². The van der Waals surface area contributed by atoms with Gasteiger partial charge in [-0.1, -0.05) is 160 Å². The Hall–Kier alpha value is -2.86. The molecule has 0 heterocycles. The van der Waals surface area contributed by atoms with Crippen LogP contribution < -0.4 is 0 Å². The van der Waals surface area contributed by atoms with Gasteiger partial charge in [-0.15, -0.1) is 0 Å². The monoisotopic (exact) mass is 372 g/mol. The van der Waals surface area contributed by atoms with Crippen molar-refractivity contribution in [3.05, 3.63) is 134 Å².